The van der Waals surface area contributed by atoms with Gasteiger partial charge in [-0.25, -0.2) is 8.78 Å². The van der Waals surface area contributed by atoms with Gasteiger partial charge in [0.15, 0.2) is 0 Å². The molecule has 3 saturated carbocycles. The molecule has 3 rings (SSSR count). The zero-order chi connectivity index (χ0) is 14.1. The Balaban J connectivity index is 1.51. The number of hydrogen-bond donors (Lipinski definition) is 0. The molecule has 0 spiro atoms. The van der Waals surface area contributed by atoms with E-state index in [1.165, 1.54) is 51.4 Å². The van der Waals surface area contributed by atoms with Crippen LogP contribution in [-0.2, 0) is 0 Å². The summed E-state index contributed by atoms with van der Waals surface area (Å²) in [6, 6.07) is 0. The van der Waals surface area contributed by atoms with Gasteiger partial charge in [0.2, 0.25) is 0 Å². The van der Waals surface area contributed by atoms with Gasteiger partial charge in [-0.1, -0.05) is 32.6 Å². The van der Waals surface area contributed by atoms with Crippen LogP contribution in [0.1, 0.15) is 71.1 Å². The second kappa shape index (κ2) is 6.32. The van der Waals surface area contributed by atoms with E-state index < -0.39 is 12.3 Å². The SMILES string of the molecule is CCCC1CCC(C2CC3CC(F)C(F)CC3C2)CC1. The molecule has 2 heteroatoms. The average Bonchev–Trinajstić information content (AvgIpc) is 2.83. The van der Waals surface area contributed by atoms with E-state index in [-0.39, 0.29) is 0 Å². The summed E-state index contributed by atoms with van der Waals surface area (Å²) >= 11 is 0. The van der Waals surface area contributed by atoms with Crippen molar-refractivity contribution >= 4 is 0 Å². The maximum atomic E-state index is 13.5. The fourth-order valence-electron chi connectivity index (χ4n) is 5.45. The van der Waals surface area contributed by atoms with E-state index in [0.29, 0.717) is 24.7 Å². The van der Waals surface area contributed by atoms with Gasteiger partial charge in [0.25, 0.3) is 0 Å². The van der Waals surface area contributed by atoms with E-state index in [9.17, 15) is 8.78 Å². The first-order valence-electron chi connectivity index (χ1n) is 8.95. The highest BCUT2D eigenvalue weighted by atomic mass is 19.2. The van der Waals surface area contributed by atoms with Crippen LogP contribution in [0, 0.1) is 29.6 Å². The molecule has 0 heterocycles. The fraction of sp³-hybridized carbons (Fsp3) is 1.00. The van der Waals surface area contributed by atoms with Gasteiger partial charge < -0.3 is 0 Å². The van der Waals surface area contributed by atoms with E-state index in [1.807, 2.05) is 0 Å². The Hall–Kier alpha value is -0.140. The molecule has 20 heavy (non-hydrogen) atoms. The van der Waals surface area contributed by atoms with Crippen LogP contribution < -0.4 is 0 Å². The number of fused-ring (bicyclic) bond motifs is 1. The summed E-state index contributed by atoms with van der Waals surface area (Å²) in [6.45, 7) is 2.29. The first-order chi connectivity index (χ1) is 9.67. The monoisotopic (exact) mass is 284 g/mol. The summed E-state index contributed by atoms with van der Waals surface area (Å²) in [4.78, 5) is 0. The van der Waals surface area contributed by atoms with E-state index in [1.54, 1.807) is 0 Å². The Labute approximate surface area is 122 Å². The molecular weight excluding hydrogens is 254 g/mol. The number of alkyl halides is 2. The molecule has 3 aliphatic carbocycles. The van der Waals surface area contributed by atoms with Gasteiger partial charge in [-0.05, 0) is 68.1 Å². The van der Waals surface area contributed by atoms with Crippen molar-refractivity contribution < 1.29 is 8.78 Å². The van der Waals surface area contributed by atoms with Crippen molar-refractivity contribution in [2.45, 2.75) is 83.5 Å². The third-order valence-corrected chi connectivity index (χ3v) is 6.58. The van der Waals surface area contributed by atoms with E-state index >= 15 is 0 Å². The lowest BCUT2D eigenvalue weighted by molar-refractivity contribution is 0.0628. The Kier molecular flexibility index (Phi) is 4.67. The summed E-state index contributed by atoms with van der Waals surface area (Å²) in [6.07, 6.45) is 9.35. The van der Waals surface area contributed by atoms with Crippen molar-refractivity contribution in [3.63, 3.8) is 0 Å². The molecule has 0 aromatic carbocycles. The normalized spacial score (nSPS) is 49.0. The second-order valence-corrected chi connectivity index (χ2v) is 7.82. The number of rotatable bonds is 3. The van der Waals surface area contributed by atoms with Crippen molar-refractivity contribution in [2.75, 3.05) is 0 Å². The second-order valence-electron chi connectivity index (χ2n) is 7.82. The zero-order valence-corrected chi connectivity index (χ0v) is 12.9. The smallest absolute Gasteiger partial charge is 0.131 e. The average molecular weight is 284 g/mol. The summed E-state index contributed by atoms with van der Waals surface area (Å²) in [5.74, 6) is 3.60. The fourth-order valence-corrected chi connectivity index (χ4v) is 5.45. The third-order valence-electron chi connectivity index (χ3n) is 6.58. The van der Waals surface area contributed by atoms with E-state index in [0.717, 1.165) is 17.8 Å². The van der Waals surface area contributed by atoms with Crippen LogP contribution in [0.5, 0.6) is 0 Å². The Morgan fingerprint density at radius 2 is 1.20 bits per heavy atom. The van der Waals surface area contributed by atoms with Gasteiger partial charge in [-0.15, -0.1) is 0 Å². The minimum absolute atomic E-state index is 0.496. The van der Waals surface area contributed by atoms with Gasteiger partial charge in [-0.3, -0.25) is 0 Å². The number of halogens is 2. The predicted molar refractivity (Wildman–Crippen MR) is 79.1 cm³/mol. The molecule has 0 amide bonds. The van der Waals surface area contributed by atoms with Crippen LogP contribution in [0.3, 0.4) is 0 Å². The molecule has 3 fully saturated rings. The summed E-state index contributed by atoms with van der Waals surface area (Å²) in [7, 11) is 0. The molecule has 3 aliphatic rings. The van der Waals surface area contributed by atoms with Gasteiger partial charge in [0.05, 0.1) is 0 Å². The quantitative estimate of drug-likeness (QED) is 0.623. The molecule has 0 bridgehead atoms. The van der Waals surface area contributed by atoms with Crippen molar-refractivity contribution in [3.8, 4) is 0 Å². The molecule has 0 aromatic rings. The zero-order valence-electron chi connectivity index (χ0n) is 12.9. The number of hydrogen-bond acceptors (Lipinski definition) is 0. The lowest BCUT2D eigenvalue weighted by Gasteiger charge is -2.32. The highest BCUT2D eigenvalue weighted by Crippen LogP contribution is 2.51. The molecule has 4 atom stereocenters. The maximum absolute atomic E-state index is 13.5. The van der Waals surface area contributed by atoms with Crippen LogP contribution in [-0.4, -0.2) is 12.3 Å². The van der Waals surface area contributed by atoms with Crippen molar-refractivity contribution in [3.05, 3.63) is 0 Å². The third kappa shape index (κ3) is 3.04. The molecule has 0 N–H and O–H groups in total. The molecule has 0 nitrogen and oxygen atoms in total. The van der Waals surface area contributed by atoms with Crippen molar-refractivity contribution in [1.29, 1.82) is 0 Å². The largest absolute Gasteiger partial charge is 0.244 e. The van der Waals surface area contributed by atoms with Crippen LogP contribution in [0.4, 0.5) is 8.78 Å². The Morgan fingerprint density at radius 3 is 1.70 bits per heavy atom. The highest BCUT2D eigenvalue weighted by Gasteiger charge is 2.45. The minimum atomic E-state index is -1.17. The standard InChI is InChI=1S/C18H30F2/c1-2-3-12-4-6-13(7-5-12)14-8-15-10-17(19)18(20)11-16(15)9-14/h12-18H,2-11H2,1H3. The maximum Gasteiger partial charge on any atom is 0.131 e. The first-order valence-corrected chi connectivity index (χ1v) is 8.95. The summed E-state index contributed by atoms with van der Waals surface area (Å²) in [5.41, 5.74) is 0. The predicted octanol–water partition coefficient (Wildman–Crippen LogP) is 5.71. The lowest BCUT2D eigenvalue weighted by atomic mass is 9.74. The lowest BCUT2D eigenvalue weighted by Crippen LogP contribution is -2.31. The Morgan fingerprint density at radius 1 is 0.700 bits per heavy atom. The Bertz CT molecular complexity index is 291. The minimum Gasteiger partial charge on any atom is -0.244 e. The molecule has 0 aromatic heterocycles. The molecule has 0 saturated heterocycles. The van der Waals surface area contributed by atoms with Gasteiger partial charge >= 0.3 is 0 Å². The first kappa shape index (κ1) is 14.8. The van der Waals surface area contributed by atoms with Crippen LogP contribution in [0.2, 0.25) is 0 Å². The van der Waals surface area contributed by atoms with E-state index in [4.69, 9.17) is 0 Å². The molecule has 4 unspecified atom stereocenters. The molecule has 116 valence electrons. The van der Waals surface area contributed by atoms with E-state index in [2.05, 4.69) is 6.92 Å². The topological polar surface area (TPSA) is 0 Å². The van der Waals surface area contributed by atoms with Crippen LogP contribution >= 0.6 is 0 Å². The van der Waals surface area contributed by atoms with Gasteiger partial charge in [0.1, 0.15) is 12.3 Å². The van der Waals surface area contributed by atoms with Crippen LogP contribution in [0.25, 0.3) is 0 Å². The van der Waals surface area contributed by atoms with Crippen molar-refractivity contribution in [2.24, 2.45) is 29.6 Å². The summed E-state index contributed by atoms with van der Waals surface area (Å²) < 4.78 is 27.1. The highest BCUT2D eigenvalue weighted by molar-refractivity contribution is 4.95. The van der Waals surface area contributed by atoms with Gasteiger partial charge in [0, 0.05) is 0 Å². The molecule has 0 aliphatic heterocycles. The molecule has 0 radical (unpaired) electrons. The molecular formula is C18H30F2. The van der Waals surface area contributed by atoms with Crippen molar-refractivity contribution in [1.82, 2.24) is 0 Å². The van der Waals surface area contributed by atoms with Crippen LogP contribution in [0.15, 0.2) is 0 Å². The van der Waals surface area contributed by atoms with Gasteiger partial charge in [-0.2, -0.15) is 0 Å². The summed E-state index contributed by atoms with van der Waals surface area (Å²) in [5, 5.41) is 0.